The van der Waals surface area contributed by atoms with E-state index in [1.165, 1.54) is 12.1 Å². The van der Waals surface area contributed by atoms with Crippen LogP contribution in [0.1, 0.15) is 5.56 Å². The van der Waals surface area contributed by atoms with Crippen molar-refractivity contribution in [2.24, 2.45) is 7.05 Å². The summed E-state index contributed by atoms with van der Waals surface area (Å²) in [6, 6.07) is 24.5. The molecule has 7 heteroatoms. The number of nitrogens with zero attached hydrogens (tertiary/aromatic N) is 2. The Hall–Kier alpha value is -4.26. The third-order valence-corrected chi connectivity index (χ3v) is 6.25. The highest BCUT2D eigenvalue weighted by Crippen LogP contribution is 2.40. The molecule has 0 N–H and O–H groups in total. The molecule has 4 aromatic carbocycles. The van der Waals surface area contributed by atoms with Crippen LogP contribution in [0.5, 0.6) is 11.5 Å². The Morgan fingerprint density at radius 2 is 1.42 bits per heavy atom. The van der Waals surface area contributed by atoms with Crippen LogP contribution in [0.15, 0.2) is 84.9 Å². The maximum absolute atomic E-state index is 13.2. The van der Waals surface area contributed by atoms with Crippen LogP contribution in [0.4, 0.5) is 13.2 Å². The number of ether oxygens (including phenoxy) is 2. The fourth-order valence-electron chi connectivity index (χ4n) is 4.42. The molecule has 0 fully saturated rings. The van der Waals surface area contributed by atoms with Gasteiger partial charge in [-0.25, -0.2) is 4.98 Å². The number of methoxy groups -OCH3 is 2. The molecule has 0 amide bonds. The second-order valence-corrected chi connectivity index (χ2v) is 8.39. The van der Waals surface area contributed by atoms with Gasteiger partial charge < -0.3 is 14.0 Å². The summed E-state index contributed by atoms with van der Waals surface area (Å²) in [5, 5.41) is 2.02. The zero-order chi connectivity index (χ0) is 25.4. The van der Waals surface area contributed by atoms with Crippen molar-refractivity contribution >= 4 is 10.8 Å². The van der Waals surface area contributed by atoms with E-state index in [4.69, 9.17) is 14.5 Å². The van der Waals surface area contributed by atoms with Gasteiger partial charge >= 0.3 is 6.18 Å². The first-order valence-corrected chi connectivity index (χ1v) is 11.3. The summed E-state index contributed by atoms with van der Waals surface area (Å²) in [5.74, 6) is 2.06. The Kier molecular flexibility index (Phi) is 5.92. The van der Waals surface area contributed by atoms with Crippen LogP contribution >= 0.6 is 0 Å². The number of alkyl halides is 3. The maximum atomic E-state index is 13.2. The summed E-state index contributed by atoms with van der Waals surface area (Å²) >= 11 is 0. The molecular weight excluding hydrogens is 465 g/mol. The van der Waals surface area contributed by atoms with Gasteiger partial charge in [-0.15, -0.1) is 0 Å². The van der Waals surface area contributed by atoms with Crippen molar-refractivity contribution in [1.82, 2.24) is 9.55 Å². The van der Waals surface area contributed by atoms with Crippen molar-refractivity contribution in [3.05, 3.63) is 90.5 Å². The molecule has 5 aromatic rings. The average Bonchev–Trinajstić information content (AvgIpc) is 3.24. The molecule has 0 aliphatic rings. The second-order valence-electron chi connectivity index (χ2n) is 8.39. The van der Waals surface area contributed by atoms with Gasteiger partial charge in [-0.05, 0) is 53.2 Å². The van der Waals surface area contributed by atoms with E-state index in [1.54, 1.807) is 14.2 Å². The van der Waals surface area contributed by atoms with Crippen LogP contribution < -0.4 is 9.47 Å². The van der Waals surface area contributed by atoms with E-state index < -0.39 is 11.7 Å². The van der Waals surface area contributed by atoms with E-state index in [2.05, 4.69) is 0 Å². The lowest BCUT2D eigenvalue weighted by molar-refractivity contribution is -0.137. The third kappa shape index (κ3) is 4.17. The lowest BCUT2D eigenvalue weighted by Gasteiger charge is -2.12. The number of benzene rings is 4. The lowest BCUT2D eigenvalue weighted by Crippen LogP contribution is -2.04. The van der Waals surface area contributed by atoms with Crippen LogP contribution in [-0.2, 0) is 13.2 Å². The molecule has 1 heterocycles. The fraction of sp³-hybridized carbons (Fsp3) is 0.138. The van der Waals surface area contributed by atoms with Gasteiger partial charge in [0.15, 0.2) is 0 Å². The molecule has 36 heavy (non-hydrogen) atoms. The Morgan fingerprint density at radius 3 is 2.11 bits per heavy atom. The van der Waals surface area contributed by atoms with E-state index in [0.29, 0.717) is 22.8 Å². The van der Waals surface area contributed by atoms with Crippen molar-refractivity contribution in [2.45, 2.75) is 6.18 Å². The van der Waals surface area contributed by atoms with Gasteiger partial charge in [-0.3, -0.25) is 0 Å². The lowest BCUT2D eigenvalue weighted by atomic mass is 10.0. The Bertz CT molecular complexity index is 1550. The molecule has 0 radical (unpaired) electrons. The molecule has 182 valence electrons. The van der Waals surface area contributed by atoms with Gasteiger partial charge in [0.25, 0.3) is 0 Å². The number of imidazole rings is 1. The first kappa shape index (κ1) is 23.5. The van der Waals surface area contributed by atoms with Gasteiger partial charge in [0.05, 0.1) is 36.7 Å². The summed E-state index contributed by atoms with van der Waals surface area (Å²) in [4.78, 5) is 4.92. The van der Waals surface area contributed by atoms with E-state index in [9.17, 15) is 13.2 Å². The largest absolute Gasteiger partial charge is 0.497 e. The van der Waals surface area contributed by atoms with Gasteiger partial charge in [-0.2, -0.15) is 13.2 Å². The molecule has 0 bridgehead atoms. The van der Waals surface area contributed by atoms with Gasteiger partial charge in [0, 0.05) is 18.2 Å². The highest BCUT2D eigenvalue weighted by Gasteiger charge is 2.30. The molecule has 0 aliphatic heterocycles. The van der Waals surface area contributed by atoms with E-state index in [-0.39, 0.29) is 0 Å². The second kappa shape index (κ2) is 9.07. The van der Waals surface area contributed by atoms with Gasteiger partial charge in [0.2, 0.25) is 0 Å². The van der Waals surface area contributed by atoms with Crippen molar-refractivity contribution in [3.63, 3.8) is 0 Å². The van der Waals surface area contributed by atoms with E-state index >= 15 is 0 Å². The van der Waals surface area contributed by atoms with Crippen LogP contribution in [0.3, 0.4) is 0 Å². The quantitative estimate of drug-likeness (QED) is 0.255. The monoisotopic (exact) mass is 488 g/mol. The average molecular weight is 489 g/mol. The number of hydrogen-bond donors (Lipinski definition) is 0. The van der Waals surface area contributed by atoms with Crippen molar-refractivity contribution < 1.29 is 22.6 Å². The number of rotatable bonds is 5. The summed E-state index contributed by atoms with van der Waals surface area (Å²) in [6.45, 7) is 0. The summed E-state index contributed by atoms with van der Waals surface area (Å²) in [6.07, 6.45) is -4.41. The summed E-state index contributed by atoms with van der Waals surface area (Å²) < 4.78 is 52.4. The topological polar surface area (TPSA) is 36.3 Å². The first-order chi connectivity index (χ1) is 17.3. The minimum atomic E-state index is -4.41. The number of hydrogen-bond acceptors (Lipinski definition) is 3. The number of halogens is 3. The molecule has 0 spiro atoms. The van der Waals surface area contributed by atoms with Gasteiger partial charge in [-0.1, -0.05) is 42.5 Å². The zero-order valence-electron chi connectivity index (χ0n) is 19.9. The summed E-state index contributed by atoms with van der Waals surface area (Å²) in [5.41, 5.74) is 2.93. The Morgan fingerprint density at radius 1 is 0.750 bits per heavy atom. The molecule has 4 nitrogen and oxygen atoms in total. The number of fused-ring (bicyclic) bond motifs is 1. The number of para-hydroxylation sites is 1. The van der Waals surface area contributed by atoms with Crippen LogP contribution in [0.2, 0.25) is 0 Å². The fourth-order valence-corrected chi connectivity index (χ4v) is 4.42. The molecule has 1 aromatic heterocycles. The molecular formula is C29H23F3N2O2. The van der Waals surface area contributed by atoms with Crippen LogP contribution in [0.25, 0.3) is 44.7 Å². The van der Waals surface area contributed by atoms with E-state index in [0.717, 1.165) is 45.5 Å². The van der Waals surface area contributed by atoms with Crippen LogP contribution in [0, 0.1) is 0 Å². The molecule has 0 atom stereocenters. The predicted molar refractivity (Wildman–Crippen MR) is 135 cm³/mol. The number of aromatic nitrogens is 2. The van der Waals surface area contributed by atoms with Crippen LogP contribution in [-0.4, -0.2) is 23.8 Å². The third-order valence-electron chi connectivity index (χ3n) is 6.25. The maximum Gasteiger partial charge on any atom is 0.416 e. The molecule has 0 aliphatic carbocycles. The Labute approximate surface area is 206 Å². The molecule has 5 rings (SSSR count). The highest BCUT2D eigenvalue weighted by atomic mass is 19.4. The highest BCUT2D eigenvalue weighted by molar-refractivity contribution is 5.91. The molecule has 0 unspecified atom stereocenters. The first-order valence-electron chi connectivity index (χ1n) is 11.3. The van der Waals surface area contributed by atoms with Crippen molar-refractivity contribution in [2.75, 3.05) is 14.2 Å². The molecule has 0 saturated carbocycles. The zero-order valence-corrected chi connectivity index (χ0v) is 19.9. The van der Waals surface area contributed by atoms with E-state index in [1.807, 2.05) is 72.3 Å². The Balaban J connectivity index is 1.73. The predicted octanol–water partition coefficient (Wildman–Crippen LogP) is 7.61. The van der Waals surface area contributed by atoms with Gasteiger partial charge in [0.1, 0.15) is 17.3 Å². The van der Waals surface area contributed by atoms with Crippen molar-refractivity contribution in [1.29, 1.82) is 0 Å². The standard InChI is InChI=1S/C29H23F3N2O2/c1-34-27(21-9-8-20-17-23(35-2)15-12-19(20)16-21)26(18-10-13-22(14-11-18)29(30,31)32)33-28(34)24-6-4-5-7-25(24)36-3/h4-17H,1-3H3. The SMILES string of the molecule is COc1ccc2cc(-c3c(-c4ccc(C(F)(F)F)cc4)nc(-c4ccccc4OC)n3C)ccc2c1. The van der Waals surface area contributed by atoms with Crippen molar-refractivity contribution in [3.8, 4) is 45.4 Å². The smallest absolute Gasteiger partial charge is 0.416 e. The minimum absolute atomic E-state index is 0.583. The normalized spacial score (nSPS) is 11.6. The summed E-state index contributed by atoms with van der Waals surface area (Å²) in [7, 11) is 5.12. The molecule has 0 saturated heterocycles. The minimum Gasteiger partial charge on any atom is -0.497 e.